The van der Waals surface area contributed by atoms with E-state index in [-0.39, 0.29) is 5.82 Å². The van der Waals surface area contributed by atoms with E-state index in [1.54, 1.807) is 17.4 Å². The van der Waals surface area contributed by atoms with Crippen molar-refractivity contribution in [3.8, 4) is 0 Å². The highest BCUT2D eigenvalue weighted by molar-refractivity contribution is 7.09. The van der Waals surface area contributed by atoms with Gasteiger partial charge in [0.1, 0.15) is 5.82 Å². The second-order valence-corrected chi connectivity index (χ2v) is 4.91. The van der Waals surface area contributed by atoms with Gasteiger partial charge in [0.25, 0.3) is 0 Å². The first kappa shape index (κ1) is 13.0. The third-order valence-corrected chi connectivity index (χ3v) is 3.25. The summed E-state index contributed by atoms with van der Waals surface area (Å²) >= 11 is 1.65. The standard InChI is InChI=1S/C13H16FN3S/c14-11-3-1-4-12(7-11)17-6-2-5-15-8-13-9-16-10-18-13/h1,3-4,7,9-10,15,17H,2,5-6,8H2. The smallest absolute Gasteiger partial charge is 0.125 e. The maximum absolute atomic E-state index is 12.9. The number of halogens is 1. The molecule has 1 aromatic heterocycles. The summed E-state index contributed by atoms with van der Waals surface area (Å²) in [7, 11) is 0. The molecule has 0 aliphatic heterocycles. The van der Waals surface area contributed by atoms with Gasteiger partial charge in [-0.3, -0.25) is 4.98 Å². The molecule has 5 heteroatoms. The fourth-order valence-electron chi connectivity index (χ4n) is 1.59. The maximum atomic E-state index is 12.9. The Hall–Kier alpha value is -1.46. The van der Waals surface area contributed by atoms with Crippen LogP contribution in [0, 0.1) is 5.82 Å². The Kier molecular flexibility index (Phi) is 5.11. The monoisotopic (exact) mass is 265 g/mol. The van der Waals surface area contributed by atoms with E-state index in [2.05, 4.69) is 15.6 Å². The summed E-state index contributed by atoms with van der Waals surface area (Å²) < 4.78 is 12.9. The molecule has 1 aromatic carbocycles. The minimum Gasteiger partial charge on any atom is -0.385 e. The summed E-state index contributed by atoms with van der Waals surface area (Å²) in [6, 6.07) is 6.53. The number of anilines is 1. The molecule has 96 valence electrons. The number of hydrogen-bond acceptors (Lipinski definition) is 4. The highest BCUT2D eigenvalue weighted by Gasteiger charge is 1.95. The number of rotatable bonds is 7. The summed E-state index contributed by atoms with van der Waals surface area (Å²) in [6.07, 6.45) is 2.87. The van der Waals surface area contributed by atoms with Crippen molar-refractivity contribution >= 4 is 17.0 Å². The lowest BCUT2D eigenvalue weighted by molar-refractivity contribution is 0.628. The number of aromatic nitrogens is 1. The average Bonchev–Trinajstić information content (AvgIpc) is 2.87. The van der Waals surface area contributed by atoms with E-state index in [0.29, 0.717) is 0 Å². The van der Waals surface area contributed by atoms with Gasteiger partial charge in [0.2, 0.25) is 0 Å². The van der Waals surface area contributed by atoms with Gasteiger partial charge < -0.3 is 10.6 Å². The average molecular weight is 265 g/mol. The van der Waals surface area contributed by atoms with Crippen LogP contribution < -0.4 is 10.6 Å². The molecule has 0 bridgehead atoms. The van der Waals surface area contributed by atoms with Crippen LogP contribution in [0.2, 0.25) is 0 Å². The van der Waals surface area contributed by atoms with E-state index >= 15 is 0 Å². The fraction of sp³-hybridized carbons (Fsp3) is 0.308. The van der Waals surface area contributed by atoms with Crippen molar-refractivity contribution in [1.82, 2.24) is 10.3 Å². The lowest BCUT2D eigenvalue weighted by atomic mass is 10.3. The molecule has 1 heterocycles. The second kappa shape index (κ2) is 7.08. The third-order valence-electron chi connectivity index (χ3n) is 2.47. The quantitative estimate of drug-likeness (QED) is 0.756. The molecule has 3 nitrogen and oxygen atoms in total. The first-order valence-corrected chi connectivity index (χ1v) is 6.80. The fourth-order valence-corrected chi connectivity index (χ4v) is 2.15. The highest BCUT2D eigenvalue weighted by atomic mass is 32.1. The number of nitrogens with zero attached hydrogens (tertiary/aromatic N) is 1. The zero-order chi connectivity index (χ0) is 12.6. The predicted molar refractivity (Wildman–Crippen MR) is 73.3 cm³/mol. The maximum Gasteiger partial charge on any atom is 0.125 e. The molecule has 0 radical (unpaired) electrons. The van der Waals surface area contributed by atoms with Crippen LogP contribution in [0.1, 0.15) is 11.3 Å². The van der Waals surface area contributed by atoms with E-state index in [0.717, 1.165) is 31.7 Å². The van der Waals surface area contributed by atoms with Crippen LogP contribution in [0.4, 0.5) is 10.1 Å². The molecule has 0 unspecified atom stereocenters. The zero-order valence-electron chi connectivity index (χ0n) is 10.0. The van der Waals surface area contributed by atoms with Crippen LogP contribution in [-0.2, 0) is 6.54 Å². The van der Waals surface area contributed by atoms with Gasteiger partial charge in [-0.25, -0.2) is 4.39 Å². The topological polar surface area (TPSA) is 37.0 Å². The van der Waals surface area contributed by atoms with Gasteiger partial charge in [0.05, 0.1) is 5.51 Å². The number of nitrogens with one attached hydrogen (secondary N) is 2. The molecule has 0 spiro atoms. The second-order valence-electron chi connectivity index (χ2n) is 3.94. The van der Waals surface area contributed by atoms with E-state index in [1.165, 1.54) is 17.0 Å². The predicted octanol–water partition coefficient (Wildman–Crippen LogP) is 2.87. The van der Waals surface area contributed by atoms with Crippen LogP contribution in [-0.4, -0.2) is 18.1 Å². The summed E-state index contributed by atoms with van der Waals surface area (Å²) in [5, 5.41) is 6.53. The first-order valence-electron chi connectivity index (χ1n) is 5.92. The van der Waals surface area contributed by atoms with Crippen molar-refractivity contribution in [2.24, 2.45) is 0 Å². The van der Waals surface area contributed by atoms with Crippen LogP contribution in [0.3, 0.4) is 0 Å². The summed E-state index contributed by atoms with van der Waals surface area (Å²) in [4.78, 5) is 5.26. The number of thiazole rings is 1. The van der Waals surface area contributed by atoms with Crippen LogP contribution in [0.15, 0.2) is 36.0 Å². The molecule has 18 heavy (non-hydrogen) atoms. The van der Waals surface area contributed by atoms with E-state index in [9.17, 15) is 4.39 Å². The molecule has 0 saturated heterocycles. The van der Waals surface area contributed by atoms with Gasteiger partial charge in [-0.1, -0.05) is 6.07 Å². The van der Waals surface area contributed by atoms with E-state index in [4.69, 9.17) is 0 Å². The first-order chi connectivity index (χ1) is 8.84. The largest absolute Gasteiger partial charge is 0.385 e. The molecule has 2 aromatic rings. The van der Waals surface area contributed by atoms with Crippen molar-refractivity contribution in [3.05, 3.63) is 46.7 Å². The van der Waals surface area contributed by atoms with Crippen LogP contribution in [0.5, 0.6) is 0 Å². The van der Waals surface area contributed by atoms with Crippen LogP contribution >= 0.6 is 11.3 Å². The van der Waals surface area contributed by atoms with Crippen LogP contribution in [0.25, 0.3) is 0 Å². The van der Waals surface area contributed by atoms with E-state index < -0.39 is 0 Å². The molecule has 0 aliphatic rings. The van der Waals surface area contributed by atoms with Gasteiger partial charge >= 0.3 is 0 Å². The van der Waals surface area contributed by atoms with Crippen molar-refractivity contribution in [2.45, 2.75) is 13.0 Å². The molecule has 0 saturated carbocycles. The molecule has 2 rings (SSSR count). The molecule has 0 amide bonds. The molecular weight excluding hydrogens is 249 g/mol. The number of benzene rings is 1. The Morgan fingerprint density at radius 2 is 2.22 bits per heavy atom. The van der Waals surface area contributed by atoms with Gasteiger partial charge in [0.15, 0.2) is 0 Å². The molecule has 0 atom stereocenters. The van der Waals surface area contributed by atoms with Crippen molar-refractivity contribution < 1.29 is 4.39 Å². The van der Waals surface area contributed by atoms with Crippen molar-refractivity contribution in [1.29, 1.82) is 0 Å². The third kappa shape index (κ3) is 4.43. The minimum atomic E-state index is -0.205. The van der Waals surface area contributed by atoms with Gasteiger partial charge in [0, 0.05) is 29.9 Å². The summed E-state index contributed by atoms with van der Waals surface area (Å²) in [5.41, 5.74) is 2.67. The number of hydrogen-bond donors (Lipinski definition) is 2. The minimum absolute atomic E-state index is 0.205. The zero-order valence-corrected chi connectivity index (χ0v) is 10.8. The van der Waals surface area contributed by atoms with E-state index in [1.807, 2.05) is 17.8 Å². The lowest BCUT2D eigenvalue weighted by Crippen LogP contribution is -2.17. The van der Waals surface area contributed by atoms with Crippen molar-refractivity contribution in [3.63, 3.8) is 0 Å². The Balaban J connectivity index is 1.56. The SMILES string of the molecule is Fc1cccc(NCCCNCc2cncs2)c1. The molecule has 2 N–H and O–H groups in total. The summed E-state index contributed by atoms with van der Waals surface area (Å²) in [6.45, 7) is 2.63. The lowest BCUT2D eigenvalue weighted by Gasteiger charge is -2.06. The van der Waals surface area contributed by atoms with Gasteiger partial charge in [-0.2, -0.15) is 0 Å². The Labute approximate surface area is 110 Å². The van der Waals surface area contributed by atoms with Gasteiger partial charge in [-0.15, -0.1) is 11.3 Å². The Morgan fingerprint density at radius 1 is 1.28 bits per heavy atom. The highest BCUT2D eigenvalue weighted by Crippen LogP contribution is 2.08. The molecule has 0 fully saturated rings. The molecular formula is C13H16FN3S. The van der Waals surface area contributed by atoms with Gasteiger partial charge in [-0.05, 0) is 31.2 Å². The Bertz CT molecular complexity index is 459. The van der Waals surface area contributed by atoms with Crippen molar-refractivity contribution in [2.75, 3.05) is 18.4 Å². The summed E-state index contributed by atoms with van der Waals surface area (Å²) in [5.74, 6) is -0.205. The Morgan fingerprint density at radius 3 is 3.00 bits per heavy atom. The molecule has 0 aliphatic carbocycles. The normalized spacial score (nSPS) is 10.5.